The third-order valence-corrected chi connectivity index (χ3v) is 6.39. The van der Waals surface area contributed by atoms with Gasteiger partial charge in [-0.15, -0.1) is 11.3 Å². The van der Waals surface area contributed by atoms with Crippen LogP contribution in [0.3, 0.4) is 0 Å². The quantitative estimate of drug-likeness (QED) is 0.883. The summed E-state index contributed by atoms with van der Waals surface area (Å²) in [7, 11) is 0. The molecular formula is C18H26N2O3S. The lowest BCUT2D eigenvalue weighted by molar-refractivity contribution is -0.132. The topological polar surface area (TPSA) is 50.8 Å². The second kappa shape index (κ2) is 7.52. The van der Waals surface area contributed by atoms with Crippen molar-refractivity contribution in [2.75, 3.05) is 26.3 Å². The zero-order chi connectivity index (χ0) is 16.4. The van der Waals surface area contributed by atoms with Gasteiger partial charge >= 0.3 is 0 Å². The van der Waals surface area contributed by atoms with Crippen LogP contribution in [0.4, 0.5) is 0 Å². The highest BCUT2D eigenvalue weighted by Gasteiger charge is 2.45. The van der Waals surface area contributed by atoms with Gasteiger partial charge in [0.15, 0.2) is 0 Å². The Morgan fingerprint density at radius 2 is 2.21 bits per heavy atom. The smallest absolute Gasteiger partial charge is 0.249 e. The molecule has 1 aromatic rings. The maximum Gasteiger partial charge on any atom is 0.249 e. The Bertz CT molecular complexity index is 544. The van der Waals surface area contributed by atoms with Crippen molar-refractivity contribution >= 4 is 17.2 Å². The number of ether oxygens (including phenoxy) is 2. The summed E-state index contributed by atoms with van der Waals surface area (Å²) in [6.07, 6.45) is 3.92. The number of hydrogen-bond donors (Lipinski definition) is 1. The highest BCUT2D eigenvalue weighted by atomic mass is 32.1. The molecule has 0 radical (unpaired) electrons. The van der Waals surface area contributed by atoms with Gasteiger partial charge < -0.3 is 14.8 Å². The molecule has 132 valence electrons. The van der Waals surface area contributed by atoms with E-state index in [-0.39, 0.29) is 18.1 Å². The zero-order valence-corrected chi connectivity index (χ0v) is 14.8. The maximum atomic E-state index is 12.5. The van der Waals surface area contributed by atoms with Crippen molar-refractivity contribution in [3.63, 3.8) is 0 Å². The molecular weight excluding hydrogens is 324 g/mol. The van der Waals surface area contributed by atoms with E-state index in [1.54, 1.807) is 11.3 Å². The fraction of sp³-hybridized carbons (Fsp3) is 0.722. The van der Waals surface area contributed by atoms with Crippen LogP contribution in [-0.4, -0.2) is 55.4 Å². The van der Waals surface area contributed by atoms with Crippen LogP contribution in [-0.2, 0) is 20.8 Å². The normalized spacial score (nSPS) is 31.2. The van der Waals surface area contributed by atoms with Crippen molar-refractivity contribution in [3.8, 4) is 0 Å². The van der Waals surface area contributed by atoms with Gasteiger partial charge in [-0.3, -0.25) is 9.69 Å². The highest BCUT2D eigenvalue weighted by Crippen LogP contribution is 2.34. The van der Waals surface area contributed by atoms with Crippen LogP contribution in [0, 0.1) is 5.92 Å². The fourth-order valence-electron chi connectivity index (χ4n) is 4.11. The van der Waals surface area contributed by atoms with Gasteiger partial charge in [0.25, 0.3) is 0 Å². The van der Waals surface area contributed by atoms with Gasteiger partial charge in [0, 0.05) is 50.2 Å². The van der Waals surface area contributed by atoms with E-state index < -0.39 is 0 Å². The number of amides is 1. The van der Waals surface area contributed by atoms with Gasteiger partial charge in [0.2, 0.25) is 5.91 Å². The van der Waals surface area contributed by atoms with Gasteiger partial charge in [-0.25, -0.2) is 0 Å². The lowest BCUT2D eigenvalue weighted by atomic mass is 10.0. The molecule has 0 unspecified atom stereocenters. The molecule has 6 heteroatoms. The Hall–Kier alpha value is -0.950. The fourth-order valence-corrected chi connectivity index (χ4v) is 4.84. The van der Waals surface area contributed by atoms with Crippen LogP contribution in [0.5, 0.6) is 0 Å². The Kier molecular flexibility index (Phi) is 5.17. The lowest BCUT2D eigenvalue weighted by Crippen LogP contribution is -2.39. The molecule has 1 N–H and O–H groups in total. The van der Waals surface area contributed by atoms with E-state index in [4.69, 9.17) is 9.47 Å². The summed E-state index contributed by atoms with van der Waals surface area (Å²) in [6, 6.07) is 4.68. The molecule has 3 saturated heterocycles. The Balaban J connectivity index is 1.27. The van der Waals surface area contributed by atoms with E-state index in [1.165, 1.54) is 4.88 Å². The van der Waals surface area contributed by atoms with Crippen LogP contribution < -0.4 is 5.32 Å². The second-order valence-electron chi connectivity index (χ2n) is 7.11. The number of thiophene rings is 1. The number of carbonyl (C=O) groups excluding carboxylic acids is 1. The average molecular weight is 350 g/mol. The van der Waals surface area contributed by atoms with E-state index in [0.29, 0.717) is 12.0 Å². The lowest BCUT2D eigenvalue weighted by Gasteiger charge is -2.23. The first-order valence-electron chi connectivity index (χ1n) is 9.07. The third-order valence-electron chi connectivity index (χ3n) is 5.53. The number of rotatable bonds is 5. The molecule has 0 saturated carbocycles. The average Bonchev–Trinajstić information content (AvgIpc) is 3.32. The standard InChI is InChI=1S/C18H26N2O3S/c21-18(19-11-13-4-7-22-8-5-13)17-10-15-16(23-17)3-6-20(15)12-14-2-1-9-24-14/h1-2,9,13,15-17H,3-8,10-12H2,(H,19,21)/t15-,16-,17+/m1/s1. The minimum absolute atomic E-state index is 0.0759. The predicted octanol–water partition coefficient (Wildman–Crippen LogP) is 2.02. The summed E-state index contributed by atoms with van der Waals surface area (Å²) in [4.78, 5) is 16.3. The first-order chi connectivity index (χ1) is 11.8. The van der Waals surface area contributed by atoms with Crippen molar-refractivity contribution in [2.45, 2.75) is 50.5 Å². The van der Waals surface area contributed by atoms with E-state index in [9.17, 15) is 4.79 Å². The molecule has 4 rings (SSSR count). The monoisotopic (exact) mass is 350 g/mol. The van der Waals surface area contributed by atoms with Crippen LogP contribution >= 0.6 is 11.3 Å². The Morgan fingerprint density at radius 1 is 1.33 bits per heavy atom. The Labute approximate surface area is 147 Å². The van der Waals surface area contributed by atoms with E-state index in [1.807, 2.05) is 0 Å². The van der Waals surface area contributed by atoms with Crippen LogP contribution in [0.2, 0.25) is 0 Å². The largest absolute Gasteiger partial charge is 0.381 e. The minimum Gasteiger partial charge on any atom is -0.381 e. The van der Waals surface area contributed by atoms with E-state index in [0.717, 1.165) is 58.5 Å². The van der Waals surface area contributed by atoms with E-state index >= 15 is 0 Å². The summed E-state index contributed by atoms with van der Waals surface area (Å²) in [6.45, 7) is 4.46. The van der Waals surface area contributed by atoms with Crippen molar-refractivity contribution in [1.82, 2.24) is 10.2 Å². The number of hydrogen-bond acceptors (Lipinski definition) is 5. The molecule has 3 aliphatic heterocycles. The summed E-state index contributed by atoms with van der Waals surface area (Å²) >= 11 is 1.80. The number of nitrogens with one attached hydrogen (secondary N) is 1. The van der Waals surface area contributed by atoms with E-state index in [2.05, 4.69) is 27.7 Å². The molecule has 4 heterocycles. The molecule has 0 aromatic carbocycles. The minimum atomic E-state index is -0.272. The van der Waals surface area contributed by atoms with Gasteiger partial charge in [-0.2, -0.15) is 0 Å². The molecule has 1 amide bonds. The molecule has 1 aromatic heterocycles. The number of carbonyl (C=O) groups is 1. The van der Waals surface area contributed by atoms with Crippen molar-refractivity contribution in [1.29, 1.82) is 0 Å². The first-order valence-corrected chi connectivity index (χ1v) is 9.95. The zero-order valence-electron chi connectivity index (χ0n) is 14.0. The molecule has 0 aliphatic carbocycles. The second-order valence-corrected chi connectivity index (χ2v) is 8.14. The first kappa shape index (κ1) is 16.5. The predicted molar refractivity (Wildman–Crippen MR) is 93.0 cm³/mol. The SMILES string of the molecule is O=C(NCC1CCOCC1)[C@@H]1C[C@@H]2[C@@H](CCN2Cc2cccs2)O1. The Morgan fingerprint density at radius 3 is 3.00 bits per heavy atom. The van der Waals surface area contributed by atoms with Crippen LogP contribution in [0.15, 0.2) is 17.5 Å². The summed E-state index contributed by atoms with van der Waals surface area (Å²) in [5.74, 6) is 0.630. The molecule has 0 spiro atoms. The molecule has 3 fully saturated rings. The molecule has 5 nitrogen and oxygen atoms in total. The summed E-state index contributed by atoms with van der Waals surface area (Å²) < 4.78 is 11.4. The van der Waals surface area contributed by atoms with Gasteiger partial charge in [-0.05, 0) is 36.6 Å². The molecule has 3 aliphatic rings. The molecule has 3 atom stereocenters. The molecule has 0 bridgehead atoms. The van der Waals surface area contributed by atoms with Gasteiger partial charge in [-0.1, -0.05) is 6.07 Å². The third kappa shape index (κ3) is 3.67. The number of fused-ring (bicyclic) bond motifs is 1. The highest BCUT2D eigenvalue weighted by molar-refractivity contribution is 7.09. The number of likely N-dealkylation sites (tertiary alicyclic amines) is 1. The number of nitrogens with zero attached hydrogens (tertiary/aromatic N) is 1. The summed E-state index contributed by atoms with van der Waals surface area (Å²) in [5.41, 5.74) is 0. The van der Waals surface area contributed by atoms with Crippen molar-refractivity contribution < 1.29 is 14.3 Å². The summed E-state index contributed by atoms with van der Waals surface area (Å²) in [5, 5.41) is 5.23. The van der Waals surface area contributed by atoms with Gasteiger partial charge in [0.1, 0.15) is 6.10 Å². The molecule has 24 heavy (non-hydrogen) atoms. The van der Waals surface area contributed by atoms with Crippen molar-refractivity contribution in [3.05, 3.63) is 22.4 Å². The van der Waals surface area contributed by atoms with Crippen molar-refractivity contribution in [2.24, 2.45) is 5.92 Å². The maximum absolute atomic E-state index is 12.5. The van der Waals surface area contributed by atoms with Gasteiger partial charge in [0.05, 0.1) is 6.10 Å². The van der Waals surface area contributed by atoms with Crippen LogP contribution in [0.25, 0.3) is 0 Å². The van der Waals surface area contributed by atoms with Crippen LogP contribution in [0.1, 0.15) is 30.6 Å².